The topological polar surface area (TPSA) is 79.6 Å². The van der Waals surface area contributed by atoms with Crippen molar-refractivity contribution < 1.29 is 0 Å². The number of benzene rings is 2. The summed E-state index contributed by atoms with van der Waals surface area (Å²) in [6.45, 7) is 0. The predicted octanol–water partition coefficient (Wildman–Crippen LogP) is 4.01. The Morgan fingerprint density at radius 3 is 2.87 bits per heavy atom. The number of hydrogen-bond donors (Lipinski definition) is 3. The summed E-state index contributed by atoms with van der Waals surface area (Å²) in [5.41, 5.74) is 10.8. The van der Waals surface area contributed by atoms with Crippen LogP contribution in [0.1, 0.15) is 0 Å². The smallest absolute Gasteiger partial charge is 0.171 e. The maximum atomic E-state index is 5.95. The van der Waals surface area contributed by atoms with Gasteiger partial charge < -0.3 is 16.0 Å². The lowest BCUT2D eigenvalue weighted by Gasteiger charge is -2.11. The van der Waals surface area contributed by atoms with E-state index in [0.717, 1.165) is 48.3 Å². The molecule has 0 aliphatic rings. The van der Waals surface area contributed by atoms with Gasteiger partial charge in [0.25, 0.3) is 0 Å². The number of fused-ring (bicyclic) bond motifs is 3. The first-order valence-corrected chi connectivity index (χ1v) is 8.26. The number of nitrogen functional groups attached to an aromatic ring is 1. The lowest BCUT2D eigenvalue weighted by Crippen LogP contribution is -1.99. The Morgan fingerprint density at radius 1 is 1.22 bits per heavy atom. The van der Waals surface area contributed by atoms with E-state index in [-0.39, 0.29) is 0 Å². The zero-order valence-corrected chi connectivity index (χ0v) is 14.5. The highest BCUT2D eigenvalue weighted by molar-refractivity contribution is 14.1. The molecule has 0 aliphatic carbocycles. The summed E-state index contributed by atoms with van der Waals surface area (Å²) in [6.07, 6.45) is 1.83. The van der Waals surface area contributed by atoms with Gasteiger partial charge in [-0.05, 0) is 52.4 Å². The quantitative estimate of drug-likeness (QED) is 0.263. The van der Waals surface area contributed by atoms with Crippen LogP contribution in [-0.2, 0) is 0 Å². The highest BCUT2D eigenvalue weighted by Crippen LogP contribution is 2.36. The van der Waals surface area contributed by atoms with E-state index < -0.39 is 0 Å². The zero-order valence-electron chi connectivity index (χ0n) is 12.4. The minimum atomic E-state index is 0.742. The fourth-order valence-corrected chi connectivity index (χ4v) is 3.47. The Hall–Kier alpha value is -2.35. The summed E-state index contributed by atoms with van der Waals surface area (Å²) in [4.78, 5) is 12.4. The minimum Gasteiger partial charge on any atom is -0.399 e. The molecule has 2 aromatic carbocycles. The van der Waals surface area contributed by atoms with Crippen LogP contribution in [0.2, 0.25) is 0 Å². The number of nitrogens with two attached hydrogens (primary N) is 1. The van der Waals surface area contributed by atoms with Gasteiger partial charge in [0.2, 0.25) is 0 Å². The van der Waals surface area contributed by atoms with Gasteiger partial charge in [0.15, 0.2) is 3.83 Å². The Balaban J connectivity index is 2.15. The largest absolute Gasteiger partial charge is 0.399 e. The molecule has 23 heavy (non-hydrogen) atoms. The average molecular weight is 415 g/mol. The molecular weight excluding hydrogens is 401 g/mol. The van der Waals surface area contributed by atoms with Crippen LogP contribution in [-0.4, -0.2) is 22.0 Å². The third-order valence-electron chi connectivity index (χ3n) is 3.90. The van der Waals surface area contributed by atoms with Crippen molar-refractivity contribution in [1.82, 2.24) is 15.0 Å². The number of aromatic nitrogens is 3. The maximum absolute atomic E-state index is 5.95. The van der Waals surface area contributed by atoms with E-state index in [9.17, 15) is 0 Å². The van der Waals surface area contributed by atoms with Crippen LogP contribution in [0.4, 0.5) is 11.5 Å². The van der Waals surface area contributed by atoms with Gasteiger partial charge in [-0.15, -0.1) is 0 Å². The van der Waals surface area contributed by atoms with Crippen molar-refractivity contribution in [3.8, 4) is 11.1 Å². The molecule has 0 bridgehead atoms. The van der Waals surface area contributed by atoms with Gasteiger partial charge in [-0.3, -0.25) is 4.98 Å². The Bertz CT molecular complexity index is 1040. The highest BCUT2D eigenvalue weighted by atomic mass is 127. The monoisotopic (exact) mass is 415 g/mol. The van der Waals surface area contributed by atoms with Gasteiger partial charge in [0.1, 0.15) is 5.82 Å². The first-order valence-electron chi connectivity index (χ1n) is 7.18. The lowest BCUT2D eigenvalue weighted by atomic mass is 9.99. The van der Waals surface area contributed by atoms with Crippen LogP contribution in [0.15, 0.2) is 42.6 Å². The zero-order chi connectivity index (χ0) is 16.0. The Kier molecular flexibility index (Phi) is 3.33. The molecule has 0 aliphatic heterocycles. The molecule has 0 atom stereocenters. The van der Waals surface area contributed by atoms with Gasteiger partial charge in [-0.25, -0.2) is 4.98 Å². The number of H-pyrrole nitrogens is 1. The molecule has 0 fully saturated rings. The molecular formula is C17H14IN5. The van der Waals surface area contributed by atoms with Crippen molar-refractivity contribution in [2.45, 2.75) is 0 Å². The van der Waals surface area contributed by atoms with E-state index in [4.69, 9.17) is 5.73 Å². The Labute approximate surface area is 146 Å². The number of nitrogens with zero attached hydrogens (tertiary/aromatic N) is 2. The van der Waals surface area contributed by atoms with E-state index in [1.165, 1.54) is 0 Å². The van der Waals surface area contributed by atoms with Crippen molar-refractivity contribution in [3.05, 3.63) is 46.4 Å². The highest BCUT2D eigenvalue weighted by Gasteiger charge is 2.14. The fraction of sp³-hybridized carbons (Fsp3) is 0.0588. The van der Waals surface area contributed by atoms with Crippen molar-refractivity contribution in [2.75, 3.05) is 18.1 Å². The molecule has 4 aromatic rings. The third-order valence-corrected chi connectivity index (χ3v) is 4.41. The number of rotatable bonds is 2. The van der Waals surface area contributed by atoms with Gasteiger partial charge >= 0.3 is 0 Å². The molecule has 0 unspecified atom stereocenters. The van der Waals surface area contributed by atoms with Crippen LogP contribution >= 0.6 is 22.6 Å². The second kappa shape index (κ2) is 5.38. The fourth-order valence-electron chi connectivity index (χ4n) is 2.94. The first kappa shape index (κ1) is 14.3. The molecule has 114 valence electrons. The summed E-state index contributed by atoms with van der Waals surface area (Å²) in [5.74, 6) is 0.847. The molecule has 5 nitrogen and oxygen atoms in total. The molecule has 2 aromatic heterocycles. The SMILES string of the molecule is CNc1nc(I)[nH]c2cc(-c3cccc(N)c3)c3nccc3c12. The average Bonchev–Trinajstić information content (AvgIpc) is 3.02. The summed E-state index contributed by atoms with van der Waals surface area (Å²) in [6, 6.07) is 12.0. The molecule has 6 heteroatoms. The van der Waals surface area contributed by atoms with Gasteiger partial charge in [0, 0.05) is 35.3 Å². The van der Waals surface area contributed by atoms with Gasteiger partial charge in [-0.1, -0.05) is 12.1 Å². The van der Waals surface area contributed by atoms with Gasteiger partial charge in [0.05, 0.1) is 11.0 Å². The van der Waals surface area contributed by atoms with Crippen molar-refractivity contribution in [3.63, 3.8) is 0 Å². The van der Waals surface area contributed by atoms with Crippen molar-refractivity contribution in [1.29, 1.82) is 0 Å². The lowest BCUT2D eigenvalue weighted by molar-refractivity contribution is 1.15. The standard InChI is InChI=1S/C17H14IN5/c1-20-16-14-11-5-6-21-15(11)12(8-13(14)22-17(18)23-16)9-3-2-4-10(19)7-9/h2-8,20H,19H2,1H3,(H,22,23). The molecule has 0 amide bonds. The summed E-state index contributed by atoms with van der Waals surface area (Å²) >= 11 is 2.19. The molecule has 0 radical (unpaired) electrons. The normalized spacial score (nSPS) is 11.2. The molecule has 0 saturated heterocycles. The van der Waals surface area contributed by atoms with Crippen LogP contribution in [0.3, 0.4) is 0 Å². The first-order chi connectivity index (χ1) is 11.2. The van der Waals surface area contributed by atoms with E-state index in [1.54, 1.807) is 0 Å². The molecule has 4 rings (SSSR count). The molecule has 2 heterocycles. The second-order valence-corrected chi connectivity index (χ2v) is 6.33. The van der Waals surface area contributed by atoms with Crippen molar-refractivity contribution in [2.24, 2.45) is 0 Å². The van der Waals surface area contributed by atoms with Crippen molar-refractivity contribution >= 4 is 55.9 Å². The molecule has 0 saturated carbocycles. The van der Waals surface area contributed by atoms with Crippen LogP contribution < -0.4 is 11.1 Å². The predicted molar refractivity (Wildman–Crippen MR) is 104 cm³/mol. The van der Waals surface area contributed by atoms with Crippen LogP contribution in [0.25, 0.3) is 32.9 Å². The number of nitrogens with one attached hydrogen (secondary N) is 2. The summed E-state index contributed by atoms with van der Waals surface area (Å²) in [7, 11) is 1.88. The van der Waals surface area contributed by atoms with E-state index in [0.29, 0.717) is 0 Å². The molecule has 0 spiro atoms. The number of aromatic amines is 1. The van der Waals surface area contributed by atoms with E-state index in [1.807, 2.05) is 37.5 Å². The van der Waals surface area contributed by atoms with E-state index >= 15 is 0 Å². The Morgan fingerprint density at radius 2 is 2.09 bits per heavy atom. The van der Waals surface area contributed by atoms with E-state index in [2.05, 4.69) is 55.0 Å². The van der Waals surface area contributed by atoms with Crippen LogP contribution in [0, 0.1) is 3.83 Å². The summed E-state index contributed by atoms with van der Waals surface area (Å²) in [5, 5.41) is 5.30. The minimum absolute atomic E-state index is 0.742. The third kappa shape index (κ3) is 2.29. The number of anilines is 2. The second-order valence-electron chi connectivity index (χ2n) is 5.31. The maximum Gasteiger partial charge on any atom is 0.171 e. The summed E-state index contributed by atoms with van der Waals surface area (Å²) < 4.78 is 0.830. The number of halogens is 1. The number of hydrogen-bond acceptors (Lipinski definition) is 4. The van der Waals surface area contributed by atoms with Crippen LogP contribution in [0.5, 0.6) is 0 Å². The van der Waals surface area contributed by atoms with Gasteiger partial charge in [-0.2, -0.15) is 0 Å². The molecule has 4 N–H and O–H groups in total.